The molecule has 2 fully saturated rings. The number of nitrogens with zero attached hydrogens (tertiary/aromatic N) is 2. The van der Waals surface area contributed by atoms with E-state index in [9.17, 15) is 0 Å². The third-order valence-electron chi connectivity index (χ3n) is 4.06. The fourth-order valence-corrected chi connectivity index (χ4v) is 3.10. The summed E-state index contributed by atoms with van der Waals surface area (Å²) in [7, 11) is 1.90. The van der Waals surface area contributed by atoms with Gasteiger partial charge in [0.2, 0.25) is 0 Å². The van der Waals surface area contributed by atoms with Crippen molar-refractivity contribution in [3.63, 3.8) is 0 Å². The number of hydrogen-bond acceptors (Lipinski definition) is 4. The summed E-state index contributed by atoms with van der Waals surface area (Å²) in [4.78, 5) is 6.95. The number of aromatic nitrogens is 1. The average molecular weight is 247 g/mol. The van der Waals surface area contributed by atoms with Crippen LogP contribution in [0.4, 0.5) is 5.82 Å². The van der Waals surface area contributed by atoms with Crippen LogP contribution in [0, 0.1) is 0 Å². The number of anilines is 1. The van der Waals surface area contributed by atoms with Crippen molar-refractivity contribution in [3.8, 4) is 0 Å². The van der Waals surface area contributed by atoms with Crippen molar-refractivity contribution in [2.75, 3.05) is 25.5 Å². The van der Waals surface area contributed by atoms with Gasteiger partial charge in [-0.1, -0.05) is 6.07 Å². The molecule has 1 aliphatic heterocycles. The first-order valence-electron chi connectivity index (χ1n) is 6.85. The maximum absolute atomic E-state index is 5.84. The van der Waals surface area contributed by atoms with Gasteiger partial charge in [0.05, 0.1) is 12.7 Å². The number of pyridine rings is 1. The van der Waals surface area contributed by atoms with E-state index in [-0.39, 0.29) is 0 Å². The lowest BCUT2D eigenvalue weighted by Gasteiger charge is -2.37. The SMILES string of the molecule is CNc1ccc(CN2CCOC3CCCC32)cn1. The molecule has 0 amide bonds. The molecule has 98 valence electrons. The average Bonchev–Trinajstić information content (AvgIpc) is 2.89. The molecule has 1 saturated heterocycles. The zero-order chi connectivity index (χ0) is 12.4. The molecule has 0 aromatic carbocycles. The molecular formula is C14H21N3O. The predicted molar refractivity (Wildman–Crippen MR) is 71.6 cm³/mol. The summed E-state index contributed by atoms with van der Waals surface area (Å²) >= 11 is 0. The maximum atomic E-state index is 5.84. The van der Waals surface area contributed by atoms with Crippen LogP contribution in [0.15, 0.2) is 18.3 Å². The molecule has 18 heavy (non-hydrogen) atoms. The summed E-state index contributed by atoms with van der Waals surface area (Å²) in [5.74, 6) is 0.930. The van der Waals surface area contributed by atoms with Gasteiger partial charge in [0, 0.05) is 32.4 Å². The van der Waals surface area contributed by atoms with Gasteiger partial charge in [-0.3, -0.25) is 4.90 Å². The second-order valence-electron chi connectivity index (χ2n) is 5.18. The van der Waals surface area contributed by atoms with E-state index in [0.29, 0.717) is 12.1 Å². The first kappa shape index (κ1) is 11.9. The van der Waals surface area contributed by atoms with Crippen molar-refractivity contribution >= 4 is 5.82 Å². The minimum atomic E-state index is 0.475. The van der Waals surface area contributed by atoms with E-state index in [1.165, 1.54) is 24.8 Å². The van der Waals surface area contributed by atoms with E-state index in [1.54, 1.807) is 0 Å². The van der Waals surface area contributed by atoms with E-state index in [0.717, 1.165) is 25.5 Å². The number of nitrogens with one attached hydrogen (secondary N) is 1. The van der Waals surface area contributed by atoms with Crippen molar-refractivity contribution in [3.05, 3.63) is 23.9 Å². The molecule has 1 aromatic rings. The molecule has 3 rings (SSSR count). The van der Waals surface area contributed by atoms with Gasteiger partial charge in [-0.2, -0.15) is 0 Å². The van der Waals surface area contributed by atoms with Gasteiger partial charge in [0.1, 0.15) is 5.82 Å². The lowest BCUT2D eigenvalue weighted by atomic mass is 10.1. The quantitative estimate of drug-likeness (QED) is 0.885. The number of hydrogen-bond donors (Lipinski definition) is 1. The standard InChI is InChI=1S/C14H21N3O/c1-15-14-6-5-11(9-16-14)10-17-7-8-18-13-4-2-3-12(13)17/h5-6,9,12-13H,2-4,7-8,10H2,1H3,(H,15,16). The fourth-order valence-electron chi connectivity index (χ4n) is 3.10. The minimum absolute atomic E-state index is 0.475. The van der Waals surface area contributed by atoms with Crippen LogP contribution >= 0.6 is 0 Å². The minimum Gasteiger partial charge on any atom is -0.375 e. The Hall–Kier alpha value is -1.13. The Morgan fingerprint density at radius 1 is 1.44 bits per heavy atom. The summed E-state index contributed by atoms with van der Waals surface area (Å²) < 4.78 is 5.84. The summed E-state index contributed by atoms with van der Waals surface area (Å²) in [6.45, 7) is 2.93. The lowest BCUT2D eigenvalue weighted by molar-refractivity contribution is -0.0588. The van der Waals surface area contributed by atoms with Crippen LogP contribution in [0.2, 0.25) is 0 Å². The van der Waals surface area contributed by atoms with Gasteiger partial charge in [-0.05, 0) is 30.9 Å². The zero-order valence-corrected chi connectivity index (χ0v) is 10.9. The van der Waals surface area contributed by atoms with E-state index < -0.39 is 0 Å². The van der Waals surface area contributed by atoms with Crippen LogP contribution in [0.25, 0.3) is 0 Å². The topological polar surface area (TPSA) is 37.4 Å². The molecule has 4 heteroatoms. The molecule has 4 nitrogen and oxygen atoms in total. The van der Waals surface area contributed by atoms with Gasteiger partial charge in [0.15, 0.2) is 0 Å². The van der Waals surface area contributed by atoms with Crippen LogP contribution in [0.5, 0.6) is 0 Å². The van der Waals surface area contributed by atoms with Crippen LogP contribution in [0.1, 0.15) is 24.8 Å². The van der Waals surface area contributed by atoms with Gasteiger partial charge >= 0.3 is 0 Å². The highest BCUT2D eigenvalue weighted by atomic mass is 16.5. The van der Waals surface area contributed by atoms with Gasteiger partial charge < -0.3 is 10.1 Å². The van der Waals surface area contributed by atoms with Crippen molar-refractivity contribution in [2.45, 2.75) is 38.0 Å². The summed E-state index contributed by atoms with van der Waals surface area (Å²) in [5, 5.41) is 3.05. The van der Waals surface area contributed by atoms with Crippen molar-refractivity contribution < 1.29 is 4.74 Å². The Balaban J connectivity index is 1.67. The molecule has 1 saturated carbocycles. The van der Waals surface area contributed by atoms with Crippen molar-refractivity contribution in [1.82, 2.24) is 9.88 Å². The highest BCUT2D eigenvalue weighted by molar-refractivity contribution is 5.34. The molecule has 0 spiro atoms. The number of rotatable bonds is 3. The van der Waals surface area contributed by atoms with Crippen molar-refractivity contribution in [2.24, 2.45) is 0 Å². The van der Waals surface area contributed by atoms with Gasteiger partial charge in [0.25, 0.3) is 0 Å². The van der Waals surface area contributed by atoms with Crippen LogP contribution in [0.3, 0.4) is 0 Å². The number of ether oxygens (including phenoxy) is 1. The summed E-state index contributed by atoms with van der Waals surface area (Å²) in [6.07, 6.45) is 6.28. The second-order valence-corrected chi connectivity index (χ2v) is 5.18. The zero-order valence-electron chi connectivity index (χ0n) is 10.9. The van der Waals surface area contributed by atoms with Crippen LogP contribution in [-0.2, 0) is 11.3 Å². The van der Waals surface area contributed by atoms with E-state index >= 15 is 0 Å². The monoisotopic (exact) mass is 247 g/mol. The Labute approximate surface area is 108 Å². The molecule has 2 aliphatic rings. The highest BCUT2D eigenvalue weighted by Crippen LogP contribution is 2.30. The molecule has 2 atom stereocenters. The van der Waals surface area contributed by atoms with Gasteiger partial charge in [-0.15, -0.1) is 0 Å². The highest BCUT2D eigenvalue weighted by Gasteiger charge is 2.35. The Kier molecular flexibility index (Phi) is 3.48. The summed E-state index contributed by atoms with van der Waals surface area (Å²) in [6, 6.07) is 4.84. The number of fused-ring (bicyclic) bond motifs is 1. The third kappa shape index (κ3) is 2.35. The third-order valence-corrected chi connectivity index (χ3v) is 4.06. The normalized spacial score (nSPS) is 28.1. The fraction of sp³-hybridized carbons (Fsp3) is 0.643. The van der Waals surface area contributed by atoms with Crippen molar-refractivity contribution in [1.29, 1.82) is 0 Å². The Morgan fingerprint density at radius 3 is 3.17 bits per heavy atom. The molecule has 0 radical (unpaired) electrons. The largest absolute Gasteiger partial charge is 0.375 e. The smallest absolute Gasteiger partial charge is 0.125 e. The second kappa shape index (κ2) is 5.24. The van der Waals surface area contributed by atoms with E-state index in [1.807, 2.05) is 19.3 Å². The Bertz CT molecular complexity index is 393. The number of morpholine rings is 1. The first-order valence-corrected chi connectivity index (χ1v) is 6.85. The Morgan fingerprint density at radius 2 is 2.39 bits per heavy atom. The molecule has 1 aromatic heterocycles. The maximum Gasteiger partial charge on any atom is 0.125 e. The first-order chi connectivity index (χ1) is 8.86. The van der Waals surface area contributed by atoms with E-state index in [2.05, 4.69) is 21.3 Å². The van der Waals surface area contributed by atoms with E-state index in [4.69, 9.17) is 4.74 Å². The molecular weight excluding hydrogens is 226 g/mol. The molecule has 1 aliphatic carbocycles. The molecule has 1 N–H and O–H groups in total. The summed E-state index contributed by atoms with van der Waals surface area (Å²) in [5.41, 5.74) is 1.29. The molecule has 2 unspecified atom stereocenters. The predicted octanol–water partition coefficient (Wildman–Crippen LogP) is 1.88. The van der Waals surface area contributed by atoms with Gasteiger partial charge in [-0.25, -0.2) is 4.98 Å². The molecule has 0 bridgehead atoms. The lowest BCUT2D eigenvalue weighted by Crippen LogP contribution is -2.47. The molecule has 2 heterocycles. The van der Waals surface area contributed by atoms with Crippen LogP contribution < -0.4 is 5.32 Å². The van der Waals surface area contributed by atoms with Crippen LogP contribution in [-0.4, -0.2) is 42.2 Å².